The Balaban J connectivity index is 2.40. The molecule has 1 amide bonds. The Morgan fingerprint density at radius 1 is 1.10 bits per heavy atom. The van der Waals surface area contributed by atoms with E-state index in [4.69, 9.17) is 9.47 Å². The van der Waals surface area contributed by atoms with Crippen LogP contribution in [-0.4, -0.2) is 36.7 Å². The van der Waals surface area contributed by atoms with Crippen molar-refractivity contribution in [2.45, 2.75) is 26.9 Å². The number of likely N-dealkylation sites (N-methyl/N-ethyl adjacent to an activating group) is 1. The highest BCUT2D eigenvalue weighted by Gasteiger charge is 2.17. The van der Waals surface area contributed by atoms with Gasteiger partial charge >= 0.3 is 12.1 Å². The van der Waals surface area contributed by atoms with E-state index in [0.717, 1.165) is 12.0 Å². The number of benzene rings is 1. The third-order valence-electron chi connectivity index (χ3n) is 2.63. The van der Waals surface area contributed by atoms with Crippen LogP contribution in [0.2, 0.25) is 0 Å². The van der Waals surface area contributed by atoms with Crippen LogP contribution in [0.5, 0.6) is 0 Å². The van der Waals surface area contributed by atoms with Crippen molar-refractivity contribution < 1.29 is 19.1 Å². The van der Waals surface area contributed by atoms with Gasteiger partial charge in [0.15, 0.2) is 0 Å². The Labute approximate surface area is 119 Å². The highest BCUT2D eigenvalue weighted by atomic mass is 16.6. The van der Waals surface area contributed by atoms with Crippen molar-refractivity contribution in [2.24, 2.45) is 0 Å². The lowest BCUT2D eigenvalue weighted by molar-refractivity contribution is -0.144. The van der Waals surface area contributed by atoms with Crippen LogP contribution < -0.4 is 0 Å². The van der Waals surface area contributed by atoms with Crippen LogP contribution in [0.1, 0.15) is 25.8 Å². The number of amides is 1. The van der Waals surface area contributed by atoms with Gasteiger partial charge in [-0.05, 0) is 18.9 Å². The van der Waals surface area contributed by atoms with Crippen molar-refractivity contribution >= 4 is 12.1 Å². The number of rotatable bonds is 7. The van der Waals surface area contributed by atoms with Crippen LogP contribution in [0.4, 0.5) is 4.79 Å². The van der Waals surface area contributed by atoms with E-state index in [-0.39, 0.29) is 13.2 Å². The van der Waals surface area contributed by atoms with Gasteiger partial charge in [0.1, 0.15) is 13.2 Å². The van der Waals surface area contributed by atoms with Gasteiger partial charge in [-0.3, -0.25) is 9.69 Å². The van der Waals surface area contributed by atoms with Gasteiger partial charge in [-0.2, -0.15) is 0 Å². The highest BCUT2D eigenvalue weighted by molar-refractivity contribution is 5.78. The maximum absolute atomic E-state index is 11.9. The number of esters is 1. The Morgan fingerprint density at radius 2 is 1.80 bits per heavy atom. The maximum atomic E-state index is 11.9. The summed E-state index contributed by atoms with van der Waals surface area (Å²) in [6.45, 7) is 4.59. The van der Waals surface area contributed by atoms with E-state index in [9.17, 15) is 9.59 Å². The van der Waals surface area contributed by atoms with Gasteiger partial charge < -0.3 is 9.47 Å². The molecular formula is C15H21NO4. The van der Waals surface area contributed by atoms with E-state index in [2.05, 4.69) is 0 Å². The van der Waals surface area contributed by atoms with Gasteiger partial charge in [0.25, 0.3) is 0 Å². The summed E-state index contributed by atoms with van der Waals surface area (Å²) >= 11 is 0. The van der Waals surface area contributed by atoms with Crippen LogP contribution in [0.25, 0.3) is 0 Å². The van der Waals surface area contributed by atoms with Crippen LogP contribution in [0.3, 0.4) is 0 Å². The monoisotopic (exact) mass is 279 g/mol. The number of carbonyl (C=O) groups is 2. The standard InChI is InChI=1S/C15H21NO4/c1-3-10-19-14(17)11-16(4-2)15(18)20-12-13-8-6-5-7-9-13/h5-9H,3-4,10-12H2,1-2H3. The fraction of sp³-hybridized carbons (Fsp3) is 0.467. The molecular weight excluding hydrogens is 258 g/mol. The van der Waals surface area contributed by atoms with Crippen molar-refractivity contribution in [3.05, 3.63) is 35.9 Å². The van der Waals surface area contributed by atoms with Gasteiger partial charge in [-0.15, -0.1) is 0 Å². The lowest BCUT2D eigenvalue weighted by atomic mass is 10.2. The van der Waals surface area contributed by atoms with Gasteiger partial charge in [0.2, 0.25) is 0 Å². The normalized spacial score (nSPS) is 9.90. The van der Waals surface area contributed by atoms with Crippen LogP contribution in [0, 0.1) is 0 Å². The Morgan fingerprint density at radius 3 is 2.40 bits per heavy atom. The van der Waals surface area contributed by atoms with Crippen molar-refractivity contribution in [1.82, 2.24) is 4.90 Å². The van der Waals surface area contributed by atoms with E-state index in [1.54, 1.807) is 6.92 Å². The largest absolute Gasteiger partial charge is 0.464 e. The average molecular weight is 279 g/mol. The minimum absolute atomic E-state index is 0.0792. The molecule has 0 radical (unpaired) electrons. The van der Waals surface area contributed by atoms with Gasteiger partial charge in [0.05, 0.1) is 6.61 Å². The molecule has 0 aliphatic rings. The zero-order chi connectivity index (χ0) is 14.8. The molecule has 0 atom stereocenters. The highest BCUT2D eigenvalue weighted by Crippen LogP contribution is 2.03. The molecule has 0 spiro atoms. The van der Waals surface area contributed by atoms with E-state index >= 15 is 0 Å². The smallest absolute Gasteiger partial charge is 0.410 e. The molecule has 0 aliphatic carbocycles. The molecule has 110 valence electrons. The summed E-state index contributed by atoms with van der Waals surface area (Å²) in [4.78, 5) is 24.7. The minimum atomic E-state index is -0.509. The Kier molecular flexibility index (Phi) is 7.17. The van der Waals surface area contributed by atoms with Crippen LogP contribution in [-0.2, 0) is 20.9 Å². The molecule has 0 bridgehead atoms. The quantitative estimate of drug-likeness (QED) is 0.720. The van der Waals surface area contributed by atoms with Crippen molar-refractivity contribution in [3.63, 3.8) is 0 Å². The number of carbonyl (C=O) groups excluding carboxylic acids is 2. The topological polar surface area (TPSA) is 55.8 Å². The molecule has 0 aromatic heterocycles. The van der Waals surface area contributed by atoms with E-state index in [0.29, 0.717) is 13.2 Å². The summed E-state index contributed by atoms with van der Waals surface area (Å²) in [6.07, 6.45) is 0.251. The number of hydrogen-bond acceptors (Lipinski definition) is 4. The second kappa shape index (κ2) is 8.96. The van der Waals surface area contributed by atoms with Crippen molar-refractivity contribution in [1.29, 1.82) is 0 Å². The third-order valence-corrected chi connectivity index (χ3v) is 2.63. The molecule has 0 unspecified atom stereocenters. The SMILES string of the molecule is CCCOC(=O)CN(CC)C(=O)OCc1ccccc1. The fourth-order valence-electron chi connectivity index (χ4n) is 1.53. The number of nitrogens with zero attached hydrogens (tertiary/aromatic N) is 1. The first-order valence-corrected chi connectivity index (χ1v) is 6.78. The maximum Gasteiger partial charge on any atom is 0.410 e. The zero-order valence-electron chi connectivity index (χ0n) is 12.0. The molecule has 1 rings (SSSR count). The molecule has 0 heterocycles. The molecule has 1 aromatic carbocycles. The molecule has 0 N–H and O–H groups in total. The molecule has 5 heteroatoms. The average Bonchev–Trinajstić information content (AvgIpc) is 2.49. The van der Waals surface area contributed by atoms with E-state index in [1.165, 1.54) is 4.90 Å². The first kappa shape index (κ1) is 16.0. The first-order chi connectivity index (χ1) is 9.67. The zero-order valence-corrected chi connectivity index (χ0v) is 12.0. The van der Waals surface area contributed by atoms with Gasteiger partial charge in [-0.1, -0.05) is 37.3 Å². The summed E-state index contributed by atoms with van der Waals surface area (Å²) in [7, 11) is 0. The first-order valence-electron chi connectivity index (χ1n) is 6.78. The lowest BCUT2D eigenvalue weighted by Crippen LogP contribution is -2.36. The van der Waals surface area contributed by atoms with Crippen LogP contribution >= 0.6 is 0 Å². The Hall–Kier alpha value is -2.04. The van der Waals surface area contributed by atoms with E-state index < -0.39 is 12.1 Å². The van der Waals surface area contributed by atoms with Crippen LogP contribution in [0.15, 0.2) is 30.3 Å². The van der Waals surface area contributed by atoms with Gasteiger partial charge in [-0.25, -0.2) is 4.79 Å². The predicted molar refractivity (Wildman–Crippen MR) is 75.1 cm³/mol. The van der Waals surface area contributed by atoms with Crippen molar-refractivity contribution in [2.75, 3.05) is 19.7 Å². The molecule has 0 saturated heterocycles. The molecule has 5 nitrogen and oxygen atoms in total. The molecule has 0 fully saturated rings. The summed E-state index contributed by atoms with van der Waals surface area (Å²) in [5.74, 6) is -0.412. The molecule has 0 saturated carbocycles. The summed E-state index contributed by atoms with van der Waals surface area (Å²) in [5.41, 5.74) is 0.908. The molecule has 1 aromatic rings. The fourth-order valence-corrected chi connectivity index (χ4v) is 1.53. The Bertz CT molecular complexity index is 419. The van der Waals surface area contributed by atoms with Crippen molar-refractivity contribution in [3.8, 4) is 0 Å². The second-order valence-electron chi connectivity index (χ2n) is 4.27. The third kappa shape index (κ3) is 5.73. The summed E-state index contributed by atoms with van der Waals surface area (Å²) in [5, 5.41) is 0. The summed E-state index contributed by atoms with van der Waals surface area (Å²) in [6, 6.07) is 9.40. The number of ether oxygens (including phenoxy) is 2. The second-order valence-corrected chi connectivity index (χ2v) is 4.27. The number of hydrogen-bond donors (Lipinski definition) is 0. The predicted octanol–water partition coefficient (Wildman–Crippen LogP) is 2.60. The minimum Gasteiger partial charge on any atom is -0.464 e. The van der Waals surface area contributed by atoms with Gasteiger partial charge in [0, 0.05) is 6.54 Å². The lowest BCUT2D eigenvalue weighted by Gasteiger charge is -2.19. The molecule has 0 aliphatic heterocycles. The van der Waals surface area contributed by atoms with E-state index in [1.807, 2.05) is 37.3 Å². The summed E-state index contributed by atoms with van der Waals surface area (Å²) < 4.78 is 10.1. The molecule has 20 heavy (non-hydrogen) atoms.